The number of para-hydroxylation sites is 1. The highest BCUT2D eigenvalue weighted by molar-refractivity contribution is 5.74. The highest BCUT2D eigenvalue weighted by Gasteiger charge is 2.10. The Kier molecular flexibility index (Phi) is 6.24. The fourth-order valence-electron chi connectivity index (χ4n) is 2.56. The standard InChI is InChI=1S/C20H26N2O2/c1-14-7-5-10-18(11-14)12-21-20(23)22-17(4)13-24-19-15(2)8-6-9-16(19)3/h5-11,17H,12-13H2,1-4H3,(H2,21,22,23). The second-order valence-electron chi connectivity index (χ2n) is 6.25. The first-order valence-electron chi connectivity index (χ1n) is 8.24. The molecule has 2 amide bonds. The van der Waals surface area contributed by atoms with Gasteiger partial charge < -0.3 is 15.4 Å². The second kappa shape index (κ2) is 8.39. The van der Waals surface area contributed by atoms with E-state index in [2.05, 4.69) is 16.7 Å². The van der Waals surface area contributed by atoms with Gasteiger partial charge >= 0.3 is 6.03 Å². The summed E-state index contributed by atoms with van der Waals surface area (Å²) in [7, 11) is 0. The van der Waals surface area contributed by atoms with Crippen LogP contribution in [0.2, 0.25) is 0 Å². The Morgan fingerprint density at radius 3 is 2.42 bits per heavy atom. The largest absolute Gasteiger partial charge is 0.491 e. The van der Waals surface area contributed by atoms with Gasteiger partial charge in [-0.05, 0) is 44.4 Å². The van der Waals surface area contributed by atoms with E-state index in [1.165, 1.54) is 5.56 Å². The average Bonchev–Trinajstić information content (AvgIpc) is 2.52. The van der Waals surface area contributed by atoms with Crippen LogP contribution in [0.3, 0.4) is 0 Å². The fourth-order valence-corrected chi connectivity index (χ4v) is 2.56. The summed E-state index contributed by atoms with van der Waals surface area (Å²) in [6.07, 6.45) is 0. The van der Waals surface area contributed by atoms with Crippen LogP contribution in [-0.4, -0.2) is 18.7 Å². The number of benzene rings is 2. The average molecular weight is 326 g/mol. The lowest BCUT2D eigenvalue weighted by atomic mass is 10.1. The summed E-state index contributed by atoms with van der Waals surface area (Å²) in [6, 6.07) is 13.9. The Bertz CT molecular complexity index is 678. The summed E-state index contributed by atoms with van der Waals surface area (Å²) in [5, 5.41) is 5.77. The molecule has 4 heteroatoms. The zero-order valence-corrected chi connectivity index (χ0v) is 14.8. The van der Waals surface area contributed by atoms with Gasteiger partial charge in [0.25, 0.3) is 0 Å². The highest BCUT2D eigenvalue weighted by atomic mass is 16.5. The van der Waals surface area contributed by atoms with E-state index >= 15 is 0 Å². The zero-order valence-electron chi connectivity index (χ0n) is 14.8. The first-order valence-corrected chi connectivity index (χ1v) is 8.24. The minimum absolute atomic E-state index is 0.0819. The summed E-state index contributed by atoms with van der Waals surface area (Å²) < 4.78 is 5.87. The van der Waals surface area contributed by atoms with Gasteiger partial charge in [-0.3, -0.25) is 0 Å². The monoisotopic (exact) mass is 326 g/mol. The number of hydrogen-bond donors (Lipinski definition) is 2. The van der Waals surface area contributed by atoms with Gasteiger partial charge in [0, 0.05) is 6.54 Å². The van der Waals surface area contributed by atoms with Crippen LogP contribution in [-0.2, 0) is 6.54 Å². The molecule has 128 valence electrons. The topological polar surface area (TPSA) is 50.4 Å². The lowest BCUT2D eigenvalue weighted by molar-refractivity contribution is 0.225. The maximum absolute atomic E-state index is 12.0. The van der Waals surface area contributed by atoms with E-state index in [1.54, 1.807) is 0 Å². The zero-order chi connectivity index (χ0) is 17.5. The van der Waals surface area contributed by atoms with E-state index in [4.69, 9.17) is 4.74 Å². The van der Waals surface area contributed by atoms with E-state index in [1.807, 2.05) is 64.1 Å². The van der Waals surface area contributed by atoms with Crippen LogP contribution in [0, 0.1) is 20.8 Å². The van der Waals surface area contributed by atoms with Gasteiger partial charge in [-0.1, -0.05) is 48.0 Å². The predicted octanol–water partition coefficient (Wildman–Crippen LogP) is 3.88. The van der Waals surface area contributed by atoms with Crippen LogP contribution in [0.1, 0.15) is 29.2 Å². The third-order valence-corrected chi connectivity index (χ3v) is 3.80. The molecule has 0 spiro atoms. The Morgan fingerprint density at radius 2 is 1.75 bits per heavy atom. The van der Waals surface area contributed by atoms with E-state index in [-0.39, 0.29) is 12.1 Å². The molecule has 0 aliphatic heterocycles. The summed E-state index contributed by atoms with van der Waals surface area (Å²) in [5.41, 5.74) is 4.48. The van der Waals surface area contributed by atoms with Crippen molar-refractivity contribution in [3.05, 3.63) is 64.7 Å². The number of amides is 2. The van der Waals surface area contributed by atoms with Crippen LogP contribution in [0.5, 0.6) is 5.75 Å². The number of urea groups is 1. The molecule has 24 heavy (non-hydrogen) atoms. The number of hydrogen-bond acceptors (Lipinski definition) is 2. The molecule has 0 saturated heterocycles. The van der Waals surface area contributed by atoms with Gasteiger partial charge in [-0.2, -0.15) is 0 Å². The van der Waals surface area contributed by atoms with Crippen LogP contribution in [0.4, 0.5) is 4.79 Å². The van der Waals surface area contributed by atoms with Crippen LogP contribution >= 0.6 is 0 Å². The Morgan fingerprint density at radius 1 is 1.08 bits per heavy atom. The van der Waals surface area contributed by atoms with Gasteiger partial charge in [-0.15, -0.1) is 0 Å². The molecule has 2 N–H and O–H groups in total. The molecular formula is C20H26N2O2. The van der Waals surface area contributed by atoms with Crippen molar-refractivity contribution in [2.75, 3.05) is 6.61 Å². The quantitative estimate of drug-likeness (QED) is 0.846. The summed E-state index contributed by atoms with van der Waals surface area (Å²) in [4.78, 5) is 12.0. The van der Waals surface area contributed by atoms with E-state index in [0.717, 1.165) is 22.4 Å². The molecule has 2 aromatic rings. The van der Waals surface area contributed by atoms with Crippen molar-refractivity contribution < 1.29 is 9.53 Å². The molecule has 0 saturated carbocycles. The first kappa shape index (κ1) is 17.9. The maximum Gasteiger partial charge on any atom is 0.315 e. The smallest absolute Gasteiger partial charge is 0.315 e. The normalized spacial score (nSPS) is 11.7. The van der Waals surface area contributed by atoms with Gasteiger partial charge in [0.2, 0.25) is 0 Å². The van der Waals surface area contributed by atoms with E-state index in [9.17, 15) is 4.79 Å². The molecule has 0 aromatic heterocycles. The van der Waals surface area contributed by atoms with Crippen LogP contribution in [0.25, 0.3) is 0 Å². The van der Waals surface area contributed by atoms with Crippen molar-refractivity contribution in [3.8, 4) is 5.75 Å². The molecule has 1 unspecified atom stereocenters. The summed E-state index contributed by atoms with van der Waals surface area (Å²) in [5.74, 6) is 0.895. The van der Waals surface area contributed by atoms with Crippen LogP contribution < -0.4 is 15.4 Å². The van der Waals surface area contributed by atoms with Crippen molar-refractivity contribution >= 4 is 6.03 Å². The van der Waals surface area contributed by atoms with Crippen molar-refractivity contribution in [3.63, 3.8) is 0 Å². The number of ether oxygens (including phenoxy) is 1. The molecular weight excluding hydrogens is 300 g/mol. The van der Waals surface area contributed by atoms with Gasteiger partial charge in [0.15, 0.2) is 0 Å². The molecule has 0 radical (unpaired) electrons. The fraction of sp³-hybridized carbons (Fsp3) is 0.350. The Balaban J connectivity index is 1.77. The summed E-state index contributed by atoms with van der Waals surface area (Å²) >= 11 is 0. The number of carbonyl (C=O) groups excluding carboxylic acids is 1. The molecule has 2 rings (SSSR count). The maximum atomic E-state index is 12.0. The number of nitrogens with one attached hydrogen (secondary N) is 2. The molecule has 0 fully saturated rings. The molecule has 0 heterocycles. The lowest BCUT2D eigenvalue weighted by Crippen LogP contribution is -2.43. The minimum atomic E-state index is -0.186. The number of carbonyl (C=O) groups is 1. The Hall–Kier alpha value is -2.49. The van der Waals surface area contributed by atoms with Crippen molar-refractivity contribution in [1.29, 1.82) is 0 Å². The molecule has 0 bridgehead atoms. The van der Waals surface area contributed by atoms with Crippen molar-refractivity contribution in [2.24, 2.45) is 0 Å². The third-order valence-electron chi connectivity index (χ3n) is 3.80. The first-order chi connectivity index (χ1) is 11.5. The van der Waals surface area contributed by atoms with E-state index < -0.39 is 0 Å². The Labute approximate surface area is 144 Å². The van der Waals surface area contributed by atoms with Gasteiger partial charge in [-0.25, -0.2) is 4.79 Å². The van der Waals surface area contributed by atoms with E-state index in [0.29, 0.717) is 13.2 Å². The predicted molar refractivity (Wildman–Crippen MR) is 97.4 cm³/mol. The SMILES string of the molecule is Cc1cccc(CNC(=O)NC(C)COc2c(C)cccc2C)c1. The number of rotatable bonds is 6. The summed E-state index contributed by atoms with van der Waals surface area (Å²) in [6.45, 7) is 8.96. The molecule has 2 aromatic carbocycles. The minimum Gasteiger partial charge on any atom is -0.491 e. The molecule has 0 aliphatic carbocycles. The highest BCUT2D eigenvalue weighted by Crippen LogP contribution is 2.22. The molecule has 0 aliphatic rings. The second-order valence-corrected chi connectivity index (χ2v) is 6.25. The van der Waals surface area contributed by atoms with Crippen molar-refractivity contribution in [1.82, 2.24) is 10.6 Å². The molecule has 1 atom stereocenters. The van der Waals surface area contributed by atoms with Gasteiger partial charge in [0.05, 0.1) is 6.04 Å². The lowest BCUT2D eigenvalue weighted by Gasteiger charge is -2.18. The molecule has 4 nitrogen and oxygen atoms in total. The van der Waals surface area contributed by atoms with Crippen molar-refractivity contribution in [2.45, 2.75) is 40.3 Å². The third kappa shape index (κ3) is 5.30. The number of aryl methyl sites for hydroxylation is 3. The van der Waals surface area contributed by atoms with Crippen LogP contribution in [0.15, 0.2) is 42.5 Å². The van der Waals surface area contributed by atoms with Gasteiger partial charge in [0.1, 0.15) is 12.4 Å².